The summed E-state index contributed by atoms with van der Waals surface area (Å²) in [7, 11) is 0.735. The predicted molar refractivity (Wildman–Crippen MR) is 254 cm³/mol. The Balaban J connectivity index is 1.35. The summed E-state index contributed by atoms with van der Waals surface area (Å²) in [5.41, 5.74) is 4.29. The predicted octanol–water partition coefficient (Wildman–Crippen LogP) is 11.7. The van der Waals surface area contributed by atoms with E-state index < -0.39 is 54.2 Å². The van der Waals surface area contributed by atoms with Crippen LogP contribution in [-0.2, 0) is 13.1 Å². The Bertz CT molecular complexity index is 2740. The fourth-order valence-corrected chi connectivity index (χ4v) is 15.8. The van der Waals surface area contributed by atoms with Crippen LogP contribution in [0.5, 0.6) is 23.4 Å². The van der Waals surface area contributed by atoms with Crippen molar-refractivity contribution in [1.82, 2.24) is 19.9 Å². The number of pyridine rings is 1. The van der Waals surface area contributed by atoms with Gasteiger partial charge in [0.2, 0.25) is 5.88 Å². The van der Waals surface area contributed by atoms with Crippen LogP contribution >= 0.6 is 0 Å². The monoisotopic (exact) mass is 919 g/mol. The first-order valence-corrected chi connectivity index (χ1v) is 24.9. The molecule has 0 saturated carbocycles. The summed E-state index contributed by atoms with van der Waals surface area (Å²) in [6, 6.07) is 20.5. The van der Waals surface area contributed by atoms with E-state index in [4.69, 9.17) is 19.2 Å². The van der Waals surface area contributed by atoms with Gasteiger partial charge < -0.3 is 24.2 Å². The van der Waals surface area contributed by atoms with Crippen molar-refractivity contribution < 1.29 is 36.9 Å². The SMILES string of the molecule is COc1ccc(CN(Cc2ccc(OC)cc2)c2cc3ccc(F)c(C#C[Si](C(C)C)(C(C)C)C(C)C)c3c(-c3c(F)cc4c(O)nc(OC[C@@]56CCCN5C[C@H](F)C6)nc4c3F)n2)cc1. The molecule has 0 aliphatic carbocycles. The van der Waals surface area contributed by atoms with Gasteiger partial charge in [0.1, 0.15) is 55.3 Å². The third kappa shape index (κ3) is 8.75. The van der Waals surface area contributed by atoms with Crippen molar-refractivity contribution in [1.29, 1.82) is 0 Å². The first-order chi connectivity index (χ1) is 31.6. The molecule has 2 aliphatic heterocycles. The van der Waals surface area contributed by atoms with Gasteiger partial charge in [-0.05, 0) is 95.0 Å². The number of ether oxygens (including phenoxy) is 3. The summed E-state index contributed by atoms with van der Waals surface area (Å²) in [4.78, 5) is 17.6. The number of rotatable bonds is 14. The molecule has 0 bridgehead atoms. The van der Waals surface area contributed by atoms with Crippen LogP contribution in [0.1, 0.15) is 77.5 Å². The second-order valence-corrected chi connectivity index (χ2v) is 24.3. The zero-order valence-corrected chi connectivity index (χ0v) is 39.8. The lowest BCUT2D eigenvalue weighted by Crippen LogP contribution is -2.43. The Morgan fingerprint density at radius 1 is 0.833 bits per heavy atom. The van der Waals surface area contributed by atoms with Gasteiger partial charge in [0.05, 0.1) is 42.0 Å². The summed E-state index contributed by atoms with van der Waals surface area (Å²) in [5.74, 6) is 1.39. The van der Waals surface area contributed by atoms with E-state index in [1.165, 1.54) is 6.07 Å². The third-order valence-corrected chi connectivity index (χ3v) is 20.2. The summed E-state index contributed by atoms with van der Waals surface area (Å²) in [6.45, 7) is 14.6. The molecule has 2 atom stereocenters. The lowest BCUT2D eigenvalue weighted by molar-refractivity contribution is 0.107. The summed E-state index contributed by atoms with van der Waals surface area (Å²) < 4.78 is 82.8. The molecular weight excluding hydrogens is 863 g/mol. The van der Waals surface area contributed by atoms with E-state index in [9.17, 15) is 9.50 Å². The van der Waals surface area contributed by atoms with Gasteiger partial charge in [0, 0.05) is 31.4 Å². The number of fused-ring (bicyclic) bond motifs is 3. The molecule has 4 aromatic carbocycles. The molecule has 66 heavy (non-hydrogen) atoms. The Morgan fingerprint density at radius 2 is 1.45 bits per heavy atom. The lowest BCUT2D eigenvalue weighted by atomic mass is 9.95. The van der Waals surface area contributed by atoms with Crippen molar-refractivity contribution in [2.75, 3.05) is 38.8 Å². The number of hydrogen-bond acceptors (Lipinski definition) is 9. The molecule has 1 N–H and O–H groups in total. The van der Waals surface area contributed by atoms with E-state index >= 15 is 13.2 Å². The lowest BCUT2D eigenvalue weighted by Gasteiger charge is -2.38. The number of halogens is 4. The third-order valence-electron chi connectivity index (χ3n) is 13.9. The van der Waals surface area contributed by atoms with Crippen molar-refractivity contribution in [3.63, 3.8) is 0 Å². The molecule has 0 radical (unpaired) electrons. The molecule has 2 aliphatic rings. The molecule has 0 unspecified atom stereocenters. The van der Waals surface area contributed by atoms with Gasteiger partial charge in [-0.3, -0.25) is 4.90 Å². The summed E-state index contributed by atoms with van der Waals surface area (Å²) in [5, 5.41) is 11.4. The number of aromatic nitrogens is 3. The molecule has 2 aromatic heterocycles. The van der Waals surface area contributed by atoms with Crippen molar-refractivity contribution in [3.05, 3.63) is 107 Å². The minimum Gasteiger partial charge on any atom is -0.497 e. The minimum absolute atomic E-state index is 0.0196. The molecule has 346 valence electrons. The van der Waals surface area contributed by atoms with E-state index in [2.05, 4.69) is 67.9 Å². The van der Waals surface area contributed by atoms with Gasteiger partial charge in [-0.2, -0.15) is 9.97 Å². The van der Waals surface area contributed by atoms with Crippen LogP contribution in [0.2, 0.25) is 16.6 Å². The molecule has 6 aromatic rings. The molecule has 0 spiro atoms. The average Bonchev–Trinajstić information content (AvgIpc) is 3.82. The molecule has 0 amide bonds. The first-order valence-electron chi connectivity index (χ1n) is 22.7. The minimum atomic E-state index is -2.45. The van der Waals surface area contributed by atoms with Crippen LogP contribution in [0.3, 0.4) is 0 Å². The highest BCUT2D eigenvalue weighted by molar-refractivity contribution is 6.90. The zero-order valence-electron chi connectivity index (χ0n) is 38.8. The van der Waals surface area contributed by atoms with Crippen molar-refractivity contribution in [2.45, 2.75) is 102 Å². The summed E-state index contributed by atoms with van der Waals surface area (Å²) >= 11 is 0. The van der Waals surface area contributed by atoms with E-state index in [1.807, 2.05) is 53.4 Å². The van der Waals surface area contributed by atoms with E-state index in [-0.39, 0.29) is 57.7 Å². The normalized spacial score (nSPS) is 17.5. The van der Waals surface area contributed by atoms with Crippen LogP contribution < -0.4 is 19.1 Å². The Kier molecular flexibility index (Phi) is 13.2. The van der Waals surface area contributed by atoms with Crippen molar-refractivity contribution in [2.24, 2.45) is 0 Å². The maximum atomic E-state index is 17.6. The summed E-state index contributed by atoms with van der Waals surface area (Å²) in [6.07, 6.45) is 0.841. The van der Waals surface area contributed by atoms with Crippen LogP contribution in [0, 0.1) is 28.9 Å². The molecule has 8 rings (SSSR count). The molecule has 2 saturated heterocycles. The number of hydrogen-bond donors (Lipinski definition) is 1. The van der Waals surface area contributed by atoms with Gasteiger partial charge in [-0.1, -0.05) is 77.8 Å². The Labute approximate surface area is 385 Å². The van der Waals surface area contributed by atoms with Gasteiger partial charge in [0.25, 0.3) is 0 Å². The van der Waals surface area contributed by atoms with Crippen LogP contribution in [0.15, 0.2) is 72.8 Å². The number of alkyl halides is 1. The van der Waals surface area contributed by atoms with Gasteiger partial charge in [-0.25, -0.2) is 22.5 Å². The fourth-order valence-electron chi connectivity index (χ4n) is 10.6. The molecular formula is C52H57F4N5O4Si. The Hall–Kier alpha value is -5.91. The van der Waals surface area contributed by atoms with Crippen LogP contribution in [0.25, 0.3) is 32.9 Å². The second kappa shape index (κ2) is 18.8. The average molecular weight is 920 g/mol. The van der Waals surface area contributed by atoms with Gasteiger partial charge >= 0.3 is 6.01 Å². The van der Waals surface area contributed by atoms with Crippen molar-refractivity contribution in [3.8, 4) is 46.1 Å². The molecule has 14 heteroatoms. The van der Waals surface area contributed by atoms with Gasteiger partial charge in [-0.15, -0.1) is 5.54 Å². The highest BCUT2D eigenvalue weighted by Gasteiger charge is 2.49. The maximum absolute atomic E-state index is 17.6. The number of methoxy groups -OCH3 is 2. The fraction of sp³-hybridized carbons (Fsp3) is 0.404. The quantitative estimate of drug-likeness (QED) is 0.0651. The standard InChI is InChI=1S/C52H57F4N5O4Si/c1-31(2)66(32(3)4,33(5)6)23-20-40-42(54)19-14-36-24-44(60(27-34-10-15-38(63-7)16-11-34)28-35-12-17-39(64-8)18-13-35)57-49(45(36)40)46-43(55)25-41-48(47(46)56)58-51(59-50(41)62)65-30-52-21-9-22-61(52)29-37(53)26-52/h10-19,24-25,31-33,37H,9,21-22,26-30H2,1-8H3,(H,58,59,62)/t37-,52+/m1/s1. The van der Waals surface area contributed by atoms with E-state index in [1.54, 1.807) is 26.4 Å². The topological polar surface area (TPSA) is 93.1 Å². The number of benzene rings is 4. The largest absolute Gasteiger partial charge is 0.497 e. The number of nitrogens with zero attached hydrogens (tertiary/aromatic N) is 5. The van der Waals surface area contributed by atoms with E-state index in [0.717, 1.165) is 30.2 Å². The highest BCUT2D eigenvalue weighted by Crippen LogP contribution is 2.44. The number of anilines is 1. The second-order valence-electron chi connectivity index (χ2n) is 18.7. The zero-order chi connectivity index (χ0) is 47.1. The highest BCUT2D eigenvalue weighted by atomic mass is 28.3. The maximum Gasteiger partial charge on any atom is 0.320 e. The van der Waals surface area contributed by atoms with Gasteiger partial charge in [0.15, 0.2) is 5.82 Å². The van der Waals surface area contributed by atoms with Crippen LogP contribution in [-0.4, -0.2) is 78.7 Å². The number of aromatic hydroxyl groups is 1. The van der Waals surface area contributed by atoms with Crippen LogP contribution in [0.4, 0.5) is 23.4 Å². The van der Waals surface area contributed by atoms with Crippen molar-refractivity contribution >= 4 is 35.6 Å². The Morgan fingerprint density at radius 3 is 2.05 bits per heavy atom. The smallest absolute Gasteiger partial charge is 0.320 e. The molecule has 9 nitrogen and oxygen atoms in total. The van der Waals surface area contributed by atoms with E-state index in [0.29, 0.717) is 48.8 Å². The molecule has 4 heterocycles. The first kappa shape index (κ1) is 46.6. The molecule has 2 fully saturated rings.